The first-order valence-corrected chi connectivity index (χ1v) is 7.14. The van der Waals surface area contributed by atoms with Gasteiger partial charge in [0.25, 0.3) is 0 Å². The third-order valence-electron chi connectivity index (χ3n) is 3.12. The quantitative estimate of drug-likeness (QED) is 0.842. The fourth-order valence-electron chi connectivity index (χ4n) is 2.22. The minimum Gasteiger partial charge on any atom is -0.444 e. The number of nitrogens with zero attached hydrogens (tertiary/aromatic N) is 2. The molecule has 1 N–H and O–H groups in total. The molecule has 0 aromatic carbocycles. The summed E-state index contributed by atoms with van der Waals surface area (Å²) >= 11 is 0. The third kappa shape index (κ3) is 6.25. The summed E-state index contributed by atoms with van der Waals surface area (Å²) in [6, 6.07) is 0.253. The van der Waals surface area contributed by atoms with Crippen LogP contribution in [-0.4, -0.2) is 67.8 Å². The van der Waals surface area contributed by atoms with Crippen molar-refractivity contribution in [1.29, 1.82) is 0 Å². The zero-order chi connectivity index (χ0) is 14.5. The molecule has 1 atom stereocenters. The van der Waals surface area contributed by atoms with Crippen molar-refractivity contribution in [3.8, 4) is 0 Å². The van der Waals surface area contributed by atoms with Gasteiger partial charge in [-0.25, -0.2) is 4.79 Å². The minimum atomic E-state index is -0.420. The van der Waals surface area contributed by atoms with Crippen LogP contribution < -0.4 is 5.32 Å². The van der Waals surface area contributed by atoms with Crippen LogP contribution in [-0.2, 0) is 4.74 Å². The third-order valence-corrected chi connectivity index (χ3v) is 3.12. The Kier molecular flexibility index (Phi) is 6.07. The summed E-state index contributed by atoms with van der Waals surface area (Å²) < 4.78 is 5.48. The van der Waals surface area contributed by atoms with Crippen molar-refractivity contribution in [1.82, 2.24) is 15.1 Å². The summed E-state index contributed by atoms with van der Waals surface area (Å²) in [7, 11) is 4.15. The highest BCUT2D eigenvalue weighted by molar-refractivity contribution is 5.68. The number of ether oxygens (including phenoxy) is 1. The summed E-state index contributed by atoms with van der Waals surface area (Å²) in [6.45, 7) is 9.24. The SMILES string of the molecule is CN(C)CCCC1CNCCN1C(=O)OC(C)(C)C. The van der Waals surface area contributed by atoms with E-state index >= 15 is 0 Å². The van der Waals surface area contributed by atoms with Gasteiger partial charge in [0.15, 0.2) is 0 Å². The number of rotatable bonds is 4. The summed E-state index contributed by atoms with van der Waals surface area (Å²) in [5.41, 5.74) is -0.420. The molecule has 1 aliphatic rings. The van der Waals surface area contributed by atoms with Crippen molar-refractivity contribution in [3.05, 3.63) is 0 Å². The molecule has 1 unspecified atom stereocenters. The lowest BCUT2D eigenvalue weighted by Crippen LogP contribution is -2.54. The lowest BCUT2D eigenvalue weighted by Gasteiger charge is -2.37. The van der Waals surface area contributed by atoms with Gasteiger partial charge in [0, 0.05) is 25.7 Å². The Morgan fingerprint density at radius 2 is 2.11 bits per heavy atom. The van der Waals surface area contributed by atoms with Gasteiger partial charge in [0.1, 0.15) is 5.60 Å². The molecular formula is C14H29N3O2. The molecule has 0 spiro atoms. The first-order valence-electron chi connectivity index (χ1n) is 7.14. The predicted octanol–water partition coefficient (Wildman–Crippen LogP) is 1.54. The molecule has 1 saturated heterocycles. The Labute approximate surface area is 117 Å². The van der Waals surface area contributed by atoms with Crippen LogP contribution in [0.4, 0.5) is 4.79 Å². The lowest BCUT2D eigenvalue weighted by atomic mass is 10.1. The number of amides is 1. The number of hydrogen-bond donors (Lipinski definition) is 1. The van der Waals surface area contributed by atoms with E-state index in [1.165, 1.54) is 0 Å². The molecule has 0 bridgehead atoms. The topological polar surface area (TPSA) is 44.8 Å². The number of nitrogens with one attached hydrogen (secondary N) is 1. The van der Waals surface area contributed by atoms with Crippen LogP contribution in [0.2, 0.25) is 0 Å². The van der Waals surface area contributed by atoms with E-state index < -0.39 is 5.60 Å². The van der Waals surface area contributed by atoms with Gasteiger partial charge in [-0.15, -0.1) is 0 Å². The Morgan fingerprint density at radius 1 is 1.42 bits per heavy atom. The molecule has 1 amide bonds. The van der Waals surface area contributed by atoms with Gasteiger partial charge >= 0.3 is 6.09 Å². The largest absolute Gasteiger partial charge is 0.444 e. The van der Waals surface area contributed by atoms with Gasteiger partial charge in [-0.3, -0.25) is 0 Å². The molecule has 1 fully saturated rings. The van der Waals surface area contributed by atoms with Crippen molar-refractivity contribution in [2.75, 3.05) is 40.3 Å². The van der Waals surface area contributed by atoms with E-state index in [1.54, 1.807) is 0 Å². The predicted molar refractivity (Wildman–Crippen MR) is 77.4 cm³/mol. The Morgan fingerprint density at radius 3 is 2.68 bits per heavy atom. The summed E-state index contributed by atoms with van der Waals surface area (Å²) in [5.74, 6) is 0. The molecule has 19 heavy (non-hydrogen) atoms. The molecule has 0 aliphatic carbocycles. The summed E-state index contributed by atoms with van der Waals surface area (Å²) in [6.07, 6.45) is 1.94. The standard InChI is InChI=1S/C14H29N3O2/c1-14(2,3)19-13(18)17-10-8-15-11-12(17)7-6-9-16(4)5/h12,15H,6-11H2,1-5H3. The van der Waals surface area contributed by atoms with E-state index in [-0.39, 0.29) is 12.1 Å². The Bertz CT molecular complexity index is 287. The van der Waals surface area contributed by atoms with Gasteiger partial charge in [-0.05, 0) is 54.3 Å². The van der Waals surface area contributed by atoms with E-state index in [9.17, 15) is 4.79 Å². The summed E-state index contributed by atoms with van der Waals surface area (Å²) in [4.78, 5) is 16.2. The number of piperazine rings is 1. The molecule has 5 nitrogen and oxygen atoms in total. The molecule has 0 aromatic heterocycles. The van der Waals surface area contributed by atoms with Crippen LogP contribution in [0.3, 0.4) is 0 Å². The number of carbonyl (C=O) groups excluding carboxylic acids is 1. The molecule has 5 heteroatoms. The van der Waals surface area contributed by atoms with Gasteiger partial charge in [0.05, 0.1) is 0 Å². The maximum Gasteiger partial charge on any atom is 0.410 e. The van der Waals surface area contributed by atoms with Crippen molar-refractivity contribution in [3.63, 3.8) is 0 Å². The Balaban J connectivity index is 2.49. The first-order chi connectivity index (χ1) is 8.79. The van der Waals surface area contributed by atoms with Crippen LogP contribution in [0.15, 0.2) is 0 Å². The first kappa shape index (κ1) is 16.2. The Hall–Kier alpha value is -0.810. The second-order valence-electron chi connectivity index (χ2n) is 6.48. The number of hydrogen-bond acceptors (Lipinski definition) is 4. The molecule has 0 aromatic rings. The number of carbonyl (C=O) groups is 1. The smallest absolute Gasteiger partial charge is 0.410 e. The summed E-state index contributed by atoms with van der Waals surface area (Å²) in [5, 5.41) is 3.36. The van der Waals surface area contributed by atoms with E-state index in [4.69, 9.17) is 4.74 Å². The van der Waals surface area contributed by atoms with E-state index in [1.807, 2.05) is 25.7 Å². The van der Waals surface area contributed by atoms with Crippen molar-refractivity contribution < 1.29 is 9.53 Å². The van der Waals surface area contributed by atoms with E-state index in [0.717, 1.165) is 39.0 Å². The van der Waals surface area contributed by atoms with Gasteiger partial charge in [-0.2, -0.15) is 0 Å². The second-order valence-corrected chi connectivity index (χ2v) is 6.48. The van der Waals surface area contributed by atoms with Gasteiger partial charge < -0.3 is 19.9 Å². The van der Waals surface area contributed by atoms with Crippen LogP contribution >= 0.6 is 0 Å². The van der Waals surface area contributed by atoms with Crippen molar-refractivity contribution >= 4 is 6.09 Å². The fourth-order valence-corrected chi connectivity index (χ4v) is 2.22. The monoisotopic (exact) mass is 271 g/mol. The maximum atomic E-state index is 12.2. The minimum absolute atomic E-state index is 0.177. The second kappa shape index (κ2) is 7.10. The molecule has 112 valence electrons. The van der Waals surface area contributed by atoms with Crippen molar-refractivity contribution in [2.24, 2.45) is 0 Å². The highest BCUT2D eigenvalue weighted by Gasteiger charge is 2.29. The van der Waals surface area contributed by atoms with E-state index in [2.05, 4.69) is 24.3 Å². The fraction of sp³-hybridized carbons (Fsp3) is 0.929. The lowest BCUT2D eigenvalue weighted by molar-refractivity contribution is 0.0108. The molecular weight excluding hydrogens is 242 g/mol. The van der Waals surface area contributed by atoms with Crippen LogP contribution in [0.25, 0.3) is 0 Å². The molecule has 0 radical (unpaired) electrons. The zero-order valence-corrected chi connectivity index (χ0v) is 13.0. The average Bonchev–Trinajstić information content (AvgIpc) is 2.26. The van der Waals surface area contributed by atoms with E-state index in [0.29, 0.717) is 0 Å². The zero-order valence-electron chi connectivity index (χ0n) is 13.0. The molecule has 1 rings (SSSR count). The van der Waals surface area contributed by atoms with Crippen LogP contribution in [0.5, 0.6) is 0 Å². The average molecular weight is 271 g/mol. The van der Waals surface area contributed by atoms with Gasteiger partial charge in [0.2, 0.25) is 0 Å². The van der Waals surface area contributed by atoms with Gasteiger partial charge in [-0.1, -0.05) is 0 Å². The van der Waals surface area contributed by atoms with Crippen LogP contribution in [0.1, 0.15) is 33.6 Å². The van der Waals surface area contributed by atoms with Crippen molar-refractivity contribution in [2.45, 2.75) is 45.3 Å². The molecule has 1 aliphatic heterocycles. The highest BCUT2D eigenvalue weighted by atomic mass is 16.6. The highest BCUT2D eigenvalue weighted by Crippen LogP contribution is 2.15. The molecule has 1 heterocycles. The molecule has 0 saturated carbocycles. The normalized spacial score (nSPS) is 20.7. The van der Waals surface area contributed by atoms with Crippen LogP contribution in [0, 0.1) is 0 Å². The maximum absolute atomic E-state index is 12.2.